The summed E-state index contributed by atoms with van der Waals surface area (Å²) in [6.45, 7) is 8.15. The van der Waals surface area contributed by atoms with Gasteiger partial charge in [-0.3, -0.25) is 4.90 Å². The van der Waals surface area contributed by atoms with Gasteiger partial charge in [-0.2, -0.15) is 0 Å². The molecule has 2 atom stereocenters. The summed E-state index contributed by atoms with van der Waals surface area (Å²) in [6, 6.07) is 10.4. The zero-order valence-electron chi connectivity index (χ0n) is 12.2. The monoisotopic (exact) mass is 258 g/mol. The van der Waals surface area contributed by atoms with Crippen LogP contribution in [0.15, 0.2) is 24.3 Å². The lowest BCUT2D eigenvalue weighted by Crippen LogP contribution is -2.56. The molecule has 0 radical (unpaired) electrons. The van der Waals surface area contributed by atoms with Gasteiger partial charge < -0.3 is 5.32 Å². The minimum Gasteiger partial charge on any atom is -0.311 e. The standard InChI is InChI=1S/C17H26N2/c1-13-4-3-5-15(10-13)8-9-19-12-17(16-6-7-16)18-11-14(19)2/h3-5,10,14,16-18H,6-9,11-12H2,1-2H3. The fourth-order valence-electron chi connectivity index (χ4n) is 3.21. The van der Waals surface area contributed by atoms with Gasteiger partial charge in [-0.25, -0.2) is 0 Å². The van der Waals surface area contributed by atoms with Crippen LogP contribution in [-0.2, 0) is 6.42 Å². The molecule has 19 heavy (non-hydrogen) atoms. The van der Waals surface area contributed by atoms with E-state index < -0.39 is 0 Å². The van der Waals surface area contributed by atoms with Crippen molar-refractivity contribution in [2.75, 3.05) is 19.6 Å². The van der Waals surface area contributed by atoms with Crippen molar-refractivity contribution in [1.82, 2.24) is 10.2 Å². The van der Waals surface area contributed by atoms with Crippen LogP contribution in [0, 0.1) is 12.8 Å². The molecule has 1 N–H and O–H groups in total. The first kappa shape index (κ1) is 13.1. The molecule has 2 aliphatic rings. The number of nitrogens with zero attached hydrogens (tertiary/aromatic N) is 1. The molecule has 1 aromatic carbocycles. The summed E-state index contributed by atoms with van der Waals surface area (Å²) in [5.41, 5.74) is 2.86. The highest BCUT2D eigenvalue weighted by molar-refractivity contribution is 5.22. The summed E-state index contributed by atoms with van der Waals surface area (Å²) in [5.74, 6) is 0.967. The van der Waals surface area contributed by atoms with Crippen molar-refractivity contribution in [2.24, 2.45) is 5.92 Å². The van der Waals surface area contributed by atoms with E-state index in [9.17, 15) is 0 Å². The van der Waals surface area contributed by atoms with Crippen LogP contribution in [0.1, 0.15) is 30.9 Å². The predicted octanol–water partition coefficient (Wildman–Crippen LogP) is 2.61. The van der Waals surface area contributed by atoms with Crippen molar-refractivity contribution >= 4 is 0 Å². The third kappa shape index (κ3) is 3.37. The molecule has 1 aromatic rings. The van der Waals surface area contributed by atoms with Crippen LogP contribution in [0.2, 0.25) is 0 Å². The van der Waals surface area contributed by atoms with Gasteiger partial charge in [-0.15, -0.1) is 0 Å². The summed E-state index contributed by atoms with van der Waals surface area (Å²) in [7, 11) is 0. The van der Waals surface area contributed by atoms with Gasteiger partial charge in [0.15, 0.2) is 0 Å². The highest BCUT2D eigenvalue weighted by atomic mass is 15.2. The van der Waals surface area contributed by atoms with Crippen LogP contribution in [0.5, 0.6) is 0 Å². The van der Waals surface area contributed by atoms with Gasteiger partial charge in [0.1, 0.15) is 0 Å². The lowest BCUT2D eigenvalue weighted by atomic mass is 10.0. The number of rotatable bonds is 4. The van der Waals surface area contributed by atoms with Crippen LogP contribution in [0.25, 0.3) is 0 Å². The van der Waals surface area contributed by atoms with Gasteiger partial charge in [-0.05, 0) is 44.6 Å². The molecular formula is C17H26N2. The second-order valence-corrected chi connectivity index (χ2v) is 6.44. The number of aryl methyl sites for hydroxylation is 1. The molecule has 0 bridgehead atoms. The molecule has 1 saturated heterocycles. The highest BCUT2D eigenvalue weighted by Gasteiger charge is 2.35. The molecule has 104 valence electrons. The maximum atomic E-state index is 3.73. The van der Waals surface area contributed by atoms with E-state index in [1.165, 1.54) is 43.5 Å². The number of hydrogen-bond donors (Lipinski definition) is 1. The van der Waals surface area contributed by atoms with E-state index in [4.69, 9.17) is 0 Å². The summed E-state index contributed by atoms with van der Waals surface area (Å²) in [5, 5.41) is 3.73. The maximum absolute atomic E-state index is 3.73. The molecule has 3 rings (SSSR count). The van der Waals surface area contributed by atoms with E-state index in [-0.39, 0.29) is 0 Å². The van der Waals surface area contributed by atoms with Crippen molar-refractivity contribution in [2.45, 2.75) is 45.2 Å². The normalized spacial score (nSPS) is 28.5. The molecule has 0 amide bonds. The summed E-state index contributed by atoms with van der Waals surface area (Å²) >= 11 is 0. The Bertz CT molecular complexity index is 425. The molecule has 0 aromatic heterocycles. The van der Waals surface area contributed by atoms with Crippen molar-refractivity contribution in [3.8, 4) is 0 Å². The first-order chi connectivity index (χ1) is 9.22. The molecule has 1 heterocycles. The number of piperazine rings is 1. The third-order valence-electron chi connectivity index (χ3n) is 4.69. The molecule has 2 unspecified atom stereocenters. The van der Waals surface area contributed by atoms with E-state index >= 15 is 0 Å². The Balaban J connectivity index is 1.55. The van der Waals surface area contributed by atoms with E-state index in [0.717, 1.165) is 18.5 Å². The van der Waals surface area contributed by atoms with Gasteiger partial charge in [0, 0.05) is 31.7 Å². The van der Waals surface area contributed by atoms with E-state index in [1.807, 2.05) is 0 Å². The topological polar surface area (TPSA) is 15.3 Å². The number of hydrogen-bond acceptors (Lipinski definition) is 2. The third-order valence-corrected chi connectivity index (χ3v) is 4.69. The molecular weight excluding hydrogens is 232 g/mol. The molecule has 0 spiro atoms. The minimum absolute atomic E-state index is 0.680. The predicted molar refractivity (Wildman–Crippen MR) is 80.4 cm³/mol. The van der Waals surface area contributed by atoms with Gasteiger partial charge >= 0.3 is 0 Å². The summed E-state index contributed by atoms with van der Waals surface area (Å²) in [4.78, 5) is 2.68. The average molecular weight is 258 g/mol. The number of nitrogens with one attached hydrogen (secondary N) is 1. The zero-order valence-corrected chi connectivity index (χ0v) is 12.2. The lowest BCUT2D eigenvalue weighted by molar-refractivity contribution is 0.134. The van der Waals surface area contributed by atoms with Gasteiger partial charge in [0.05, 0.1) is 0 Å². The molecule has 1 aliphatic carbocycles. The smallest absolute Gasteiger partial charge is 0.0224 e. The second-order valence-electron chi connectivity index (χ2n) is 6.44. The van der Waals surface area contributed by atoms with Crippen LogP contribution in [-0.4, -0.2) is 36.6 Å². The van der Waals surface area contributed by atoms with Gasteiger partial charge in [-0.1, -0.05) is 29.8 Å². The van der Waals surface area contributed by atoms with Crippen molar-refractivity contribution in [3.05, 3.63) is 35.4 Å². The maximum Gasteiger partial charge on any atom is 0.0224 e. The zero-order chi connectivity index (χ0) is 13.2. The van der Waals surface area contributed by atoms with Crippen LogP contribution in [0.3, 0.4) is 0 Å². The van der Waals surface area contributed by atoms with Crippen LogP contribution in [0.4, 0.5) is 0 Å². The largest absolute Gasteiger partial charge is 0.311 e. The Labute approximate surface area is 117 Å². The van der Waals surface area contributed by atoms with Crippen molar-refractivity contribution < 1.29 is 0 Å². The Morgan fingerprint density at radius 3 is 2.89 bits per heavy atom. The minimum atomic E-state index is 0.680. The molecule has 2 nitrogen and oxygen atoms in total. The Hall–Kier alpha value is -0.860. The Morgan fingerprint density at radius 1 is 1.32 bits per heavy atom. The van der Waals surface area contributed by atoms with E-state index in [1.54, 1.807) is 0 Å². The summed E-state index contributed by atoms with van der Waals surface area (Å²) < 4.78 is 0. The SMILES string of the molecule is Cc1cccc(CCN2CC(C3CC3)NCC2C)c1. The molecule has 2 heteroatoms. The van der Waals surface area contributed by atoms with Crippen molar-refractivity contribution in [1.29, 1.82) is 0 Å². The van der Waals surface area contributed by atoms with E-state index in [0.29, 0.717) is 6.04 Å². The first-order valence-corrected chi connectivity index (χ1v) is 7.75. The molecule has 2 fully saturated rings. The highest BCUT2D eigenvalue weighted by Crippen LogP contribution is 2.34. The fourth-order valence-corrected chi connectivity index (χ4v) is 3.21. The van der Waals surface area contributed by atoms with Crippen LogP contribution >= 0.6 is 0 Å². The molecule has 1 aliphatic heterocycles. The van der Waals surface area contributed by atoms with Crippen molar-refractivity contribution in [3.63, 3.8) is 0 Å². The first-order valence-electron chi connectivity index (χ1n) is 7.75. The van der Waals surface area contributed by atoms with Gasteiger partial charge in [0.2, 0.25) is 0 Å². The summed E-state index contributed by atoms with van der Waals surface area (Å²) in [6.07, 6.45) is 4.07. The van der Waals surface area contributed by atoms with E-state index in [2.05, 4.69) is 48.3 Å². The second kappa shape index (κ2) is 5.64. The lowest BCUT2D eigenvalue weighted by Gasteiger charge is -2.39. The molecule has 1 saturated carbocycles. The number of benzene rings is 1. The Kier molecular flexibility index (Phi) is 3.90. The quantitative estimate of drug-likeness (QED) is 0.893. The van der Waals surface area contributed by atoms with Gasteiger partial charge in [0.25, 0.3) is 0 Å². The average Bonchev–Trinajstić information content (AvgIpc) is 3.22. The Morgan fingerprint density at radius 2 is 2.16 bits per heavy atom. The fraction of sp³-hybridized carbons (Fsp3) is 0.647. The van der Waals surface area contributed by atoms with Crippen LogP contribution < -0.4 is 5.32 Å².